The quantitative estimate of drug-likeness (QED) is 0.757. The third kappa shape index (κ3) is 4.56. The van der Waals surface area contributed by atoms with Crippen LogP contribution in [0.1, 0.15) is 32.1 Å². The van der Waals surface area contributed by atoms with Crippen molar-refractivity contribution in [2.24, 2.45) is 0 Å². The van der Waals surface area contributed by atoms with Gasteiger partial charge in [-0.2, -0.15) is 0 Å². The molecule has 1 heterocycles. The number of nitrogens with zero attached hydrogens (tertiary/aromatic N) is 1. The Bertz CT molecular complexity index is 726. The third-order valence-electron chi connectivity index (χ3n) is 5.72. The number of hydrogen-bond donors (Lipinski definition) is 1. The molecule has 1 aromatic carbocycles. The second-order valence-corrected chi connectivity index (χ2v) is 8.96. The van der Waals surface area contributed by atoms with E-state index in [1.165, 1.54) is 26.7 Å². The summed E-state index contributed by atoms with van der Waals surface area (Å²) in [6.07, 6.45) is 5.49. The largest absolute Gasteiger partial charge is 0.497 e. The maximum atomic E-state index is 13.0. The number of rotatable bonds is 7. The normalized spacial score (nSPS) is 21.0. The van der Waals surface area contributed by atoms with Crippen molar-refractivity contribution < 1.29 is 22.6 Å². The number of morpholine rings is 1. The van der Waals surface area contributed by atoms with Gasteiger partial charge in [-0.05, 0) is 25.0 Å². The smallest absolute Gasteiger partial charge is 0.244 e. The van der Waals surface area contributed by atoms with Gasteiger partial charge >= 0.3 is 0 Å². The fourth-order valence-corrected chi connectivity index (χ4v) is 5.42. The standard InChI is InChI=1S/C19H30N2O5S/c1-24-16-6-7-18(17(14-16)25-2)27(22,23)20-15-19(8-4-3-5-9-19)21-10-12-26-13-11-21/h6-7,14,20H,3-5,8-13,15H2,1-2H3. The predicted molar refractivity (Wildman–Crippen MR) is 103 cm³/mol. The van der Waals surface area contributed by atoms with Crippen LogP contribution in [0.2, 0.25) is 0 Å². The first-order valence-corrected chi connectivity index (χ1v) is 11.0. The Balaban J connectivity index is 1.80. The van der Waals surface area contributed by atoms with E-state index in [0.29, 0.717) is 25.5 Å². The summed E-state index contributed by atoms with van der Waals surface area (Å²) in [4.78, 5) is 2.56. The molecule has 8 heteroatoms. The minimum Gasteiger partial charge on any atom is -0.497 e. The lowest BCUT2D eigenvalue weighted by Crippen LogP contribution is -2.59. The number of benzene rings is 1. The molecule has 2 fully saturated rings. The zero-order chi connectivity index (χ0) is 19.3. The molecule has 0 aromatic heterocycles. The zero-order valence-electron chi connectivity index (χ0n) is 16.2. The molecule has 1 aliphatic heterocycles. The van der Waals surface area contributed by atoms with E-state index in [0.717, 1.165) is 38.8 Å². The lowest BCUT2D eigenvalue weighted by atomic mass is 9.80. The van der Waals surface area contributed by atoms with Gasteiger partial charge in [-0.25, -0.2) is 13.1 Å². The van der Waals surface area contributed by atoms with Gasteiger partial charge in [0.1, 0.15) is 16.4 Å². The zero-order valence-corrected chi connectivity index (χ0v) is 17.0. The van der Waals surface area contributed by atoms with Gasteiger partial charge in [0.15, 0.2) is 0 Å². The topological polar surface area (TPSA) is 77.1 Å². The Labute approximate surface area is 162 Å². The van der Waals surface area contributed by atoms with Crippen molar-refractivity contribution in [3.05, 3.63) is 18.2 Å². The summed E-state index contributed by atoms with van der Waals surface area (Å²) in [5.74, 6) is 0.841. The first-order chi connectivity index (χ1) is 13.0. The first kappa shape index (κ1) is 20.4. The van der Waals surface area contributed by atoms with Gasteiger partial charge in [0.25, 0.3) is 0 Å². The van der Waals surface area contributed by atoms with Crippen molar-refractivity contribution in [1.82, 2.24) is 9.62 Å². The molecule has 1 aliphatic carbocycles. The Morgan fingerprint density at radius 3 is 2.44 bits per heavy atom. The van der Waals surface area contributed by atoms with Gasteiger partial charge in [-0.15, -0.1) is 0 Å². The van der Waals surface area contributed by atoms with Crippen LogP contribution in [-0.4, -0.2) is 65.9 Å². The highest BCUT2D eigenvalue weighted by Gasteiger charge is 2.39. The molecule has 1 saturated heterocycles. The van der Waals surface area contributed by atoms with Crippen LogP contribution in [0.3, 0.4) is 0 Å². The van der Waals surface area contributed by atoms with Crippen LogP contribution in [0.5, 0.6) is 11.5 Å². The van der Waals surface area contributed by atoms with E-state index < -0.39 is 10.0 Å². The molecular weight excluding hydrogens is 368 g/mol. The monoisotopic (exact) mass is 398 g/mol. The number of nitrogens with one attached hydrogen (secondary N) is 1. The molecule has 0 atom stereocenters. The average molecular weight is 399 g/mol. The molecule has 3 rings (SSSR count). The highest BCUT2D eigenvalue weighted by molar-refractivity contribution is 7.89. The van der Waals surface area contributed by atoms with Crippen molar-refractivity contribution in [3.8, 4) is 11.5 Å². The molecule has 2 aliphatic rings. The van der Waals surface area contributed by atoms with Crippen LogP contribution in [0, 0.1) is 0 Å². The Kier molecular flexibility index (Phi) is 6.62. The van der Waals surface area contributed by atoms with E-state index in [1.54, 1.807) is 12.1 Å². The lowest BCUT2D eigenvalue weighted by Gasteiger charge is -2.48. The molecular formula is C19H30N2O5S. The molecule has 27 heavy (non-hydrogen) atoms. The SMILES string of the molecule is COc1ccc(S(=O)(=O)NCC2(N3CCOCC3)CCCCC2)c(OC)c1. The van der Waals surface area contributed by atoms with E-state index in [1.807, 2.05) is 0 Å². The maximum absolute atomic E-state index is 13.0. The van der Waals surface area contributed by atoms with Gasteiger partial charge in [-0.1, -0.05) is 19.3 Å². The van der Waals surface area contributed by atoms with Crippen LogP contribution in [0.25, 0.3) is 0 Å². The molecule has 1 saturated carbocycles. The molecule has 7 nitrogen and oxygen atoms in total. The van der Waals surface area contributed by atoms with Crippen molar-refractivity contribution in [2.75, 3.05) is 47.1 Å². The second-order valence-electron chi connectivity index (χ2n) is 7.23. The van der Waals surface area contributed by atoms with Crippen molar-refractivity contribution in [2.45, 2.75) is 42.5 Å². The van der Waals surface area contributed by atoms with Crippen molar-refractivity contribution in [3.63, 3.8) is 0 Å². The lowest BCUT2D eigenvalue weighted by molar-refractivity contribution is -0.0348. The number of sulfonamides is 1. The molecule has 0 amide bonds. The summed E-state index contributed by atoms with van der Waals surface area (Å²) in [5.41, 5.74) is -0.130. The minimum atomic E-state index is -3.69. The number of hydrogen-bond acceptors (Lipinski definition) is 6. The molecule has 0 spiro atoms. The summed E-state index contributed by atoms with van der Waals surface area (Å²) in [5, 5.41) is 0. The molecule has 0 unspecified atom stereocenters. The average Bonchev–Trinajstić information content (AvgIpc) is 2.73. The van der Waals surface area contributed by atoms with Crippen LogP contribution < -0.4 is 14.2 Å². The summed E-state index contributed by atoms with van der Waals surface area (Å²) in [7, 11) is -0.692. The van der Waals surface area contributed by atoms with E-state index in [4.69, 9.17) is 14.2 Å². The Hall–Kier alpha value is -1.35. The summed E-state index contributed by atoms with van der Waals surface area (Å²) in [6.45, 7) is 3.54. The maximum Gasteiger partial charge on any atom is 0.244 e. The fourth-order valence-electron chi connectivity index (χ4n) is 4.16. The number of ether oxygens (including phenoxy) is 3. The predicted octanol–water partition coefficient (Wildman–Crippen LogP) is 2.02. The van der Waals surface area contributed by atoms with Crippen LogP contribution >= 0.6 is 0 Å². The summed E-state index contributed by atoms with van der Waals surface area (Å²) in [6, 6.07) is 4.75. The van der Waals surface area contributed by atoms with Gasteiger partial charge in [0, 0.05) is 31.2 Å². The molecule has 1 N–H and O–H groups in total. The minimum absolute atomic E-state index is 0.130. The molecule has 0 bridgehead atoms. The Morgan fingerprint density at radius 1 is 1.11 bits per heavy atom. The molecule has 1 aromatic rings. The van der Waals surface area contributed by atoms with Gasteiger partial charge in [0.05, 0.1) is 27.4 Å². The van der Waals surface area contributed by atoms with Crippen LogP contribution in [0.4, 0.5) is 0 Å². The second kappa shape index (κ2) is 8.77. The Morgan fingerprint density at radius 2 is 1.81 bits per heavy atom. The van der Waals surface area contributed by atoms with Gasteiger partial charge in [0.2, 0.25) is 10.0 Å². The number of methoxy groups -OCH3 is 2. The van der Waals surface area contributed by atoms with Gasteiger partial charge < -0.3 is 14.2 Å². The summed E-state index contributed by atoms with van der Waals surface area (Å²) >= 11 is 0. The van der Waals surface area contributed by atoms with Crippen LogP contribution in [-0.2, 0) is 14.8 Å². The first-order valence-electron chi connectivity index (χ1n) is 9.55. The third-order valence-corrected chi connectivity index (χ3v) is 7.16. The highest BCUT2D eigenvalue weighted by atomic mass is 32.2. The highest BCUT2D eigenvalue weighted by Crippen LogP contribution is 2.35. The fraction of sp³-hybridized carbons (Fsp3) is 0.684. The van der Waals surface area contributed by atoms with Gasteiger partial charge in [-0.3, -0.25) is 4.90 Å². The molecule has 0 radical (unpaired) electrons. The summed E-state index contributed by atoms with van der Waals surface area (Å²) < 4.78 is 44.8. The van der Waals surface area contributed by atoms with E-state index in [2.05, 4.69) is 9.62 Å². The van der Waals surface area contributed by atoms with Crippen molar-refractivity contribution >= 4 is 10.0 Å². The van der Waals surface area contributed by atoms with E-state index in [-0.39, 0.29) is 16.2 Å². The van der Waals surface area contributed by atoms with Crippen molar-refractivity contribution in [1.29, 1.82) is 0 Å². The molecule has 152 valence electrons. The van der Waals surface area contributed by atoms with E-state index >= 15 is 0 Å². The van der Waals surface area contributed by atoms with E-state index in [9.17, 15) is 8.42 Å². The van der Waals surface area contributed by atoms with Crippen LogP contribution in [0.15, 0.2) is 23.1 Å².